The lowest BCUT2D eigenvalue weighted by Gasteiger charge is -2.25. The second kappa shape index (κ2) is 31.3. The van der Waals surface area contributed by atoms with E-state index in [1.54, 1.807) is 0 Å². The fraction of sp³-hybridized carbons (Fsp3) is 0.361. The maximum Gasteiger partial charge on any atom is 0.134 e. The van der Waals surface area contributed by atoms with Crippen LogP contribution in [0.15, 0.2) is 170 Å². The maximum atomic E-state index is 7.45. The van der Waals surface area contributed by atoms with Crippen LogP contribution in [0.5, 0.6) is 11.5 Å². The maximum absolute atomic E-state index is 7.45. The number of unbranched alkanes of at least 4 members (excludes halogenated alkanes) is 10. The Bertz CT molecular complexity index is 2600. The smallest absolute Gasteiger partial charge is 0.134 e. The molecule has 0 aliphatic rings. The summed E-state index contributed by atoms with van der Waals surface area (Å²) in [7, 11) is 0. The summed E-state index contributed by atoms with van der Waals surface area (Å²) < 4.78 is 14.6. The molecule has 0 radical (unpaired) electrons. The van der Waals surface area contributed by atoms with Crippen molar-refractivity contribution in [3.8, 4) is 11.5 Å². The average molecular weight is 1010 g/mol. The highest BCUT2D eigenvalue weighted by atomic mass is 16.5. The Balaban J connectivity index is 1.30. The van der Waals surface area contributed by atoms with Gasteiger partial charge in [0.15, 0.2) is 0 Å². The standard InChI is InChI=1S/C72H88N2O2/c1-7-11-15-25-33-69(31-19-13-9-3)75-71-55-61(45-39-59-41-51-67(52-42-59)73(63-27-21-17-22-28-63)65-47-35-57(5)36-48-65)72(76-70(32-20-14-10-4)34-26-16-12-8-2)62(56-71)46-40-60-43-53-68(54-44-60)74(64-29-23-18-24-30-64)66-49-37-58(6)38-50-66/h17-18,21-24,27-30,35-56,69-70H,7-16,19-20,25-26,31-34H2,1-6H3. The third kappa shape index (κ3) is 17.7. The van der Waals surface area contributed by atoms with Crippen LogP contribution in [0.1, 0.15) is 177 Å². The first kappa shape index (κ1) is 56.9. The second-order valence-electron chi connectivity index (χ2n) is 21.0. The van der Waals surface area contributed by atoms with E-state index in [-0.39, 0.29) is 12.2 Å². The second-order valence-corrected chi connectivity index (χ2v) is 21.0. The number of ether oxygens (including phenoxy) is 2. The first-order valence-electron chi connectivity index (χ1n) is 29.3. The summed E-state index contributed by atoms with van der Waals surface area (Å²) in [5.74, 6) is 1.84. The molecule has 0 fully saturated rings. The highest BCUT2D eigenvalue weighted by Gasteiger charge is 2.20. The van der Waals surface area contributed by atoms with Crippen molar-refractivity contribution in [1.29, 1.82) is 0 Å². The van der Waals surface area contributed by atoms with Gasteiger partial charge in [0, 0.05) is 45.3 Å². The van der Waals surface area contributed by atoms with Crippen LogP contribution in [-0.4, -0.2) is 12.2 Å². The summed E-state index contributed by atoms with van der Waals surface area (Å²) in [6.45, 7) is 13.5. The molecule has 7 rings (SSSR count). The van der Waals surface area contributed by atoms with E-state index in [2.05, 4.69) is 246 Å². The number of nitrogens with zero attached hydrogens (tertiary/aromatic N) is 2. The van der Waals surface area contributed by atoms with Crippen molar-refractivity contribution in [2.45, 2.75) is 169 Å². The Kier molecular flexibility index (Phi) is 23.5. The molecule has 0 saturated carbocycles. The normalized spacial score (nSPS) is 12.3. The predicted octanol–water partition coefficient (Wildman–Crippen LogP) is 22.2. The number of hydrogen-bond acceptors (Lipinski definition) is 4. The van der Waals surface area contributed by atoms with E-state index in [4.69, 9.17) is 9.47 Å². The molecule has 0 spiro atoms. The van der Waals surface area contributed by atoms with Crippen molar-refractivity contribution in [3.63, 3.8) is 0 Å². The van der Waals surface area contributed by atoms with E-state index in [1.165, 1.54) is 94.6 Å². The summed E-state index contributed by atoms with van der Waals surface area (Å²) in [4.78, 5) is 4.65. The molecule has 7 aromatic carbocycles. The van der Waals surface area contributed by atoms with Crippen molar-refractivity contribution in [2.24, 2.45) is 0 Å². The fourth-order valence-corrected chi connectivity index (χ4v) is 10.1. The van der Waals surface area contributed by atoms with Crippen molar-refractivity contribution in [3.05, 3.63) is 203 Å². The van der Waals surface area contributed by atoms with Gasteiger partial charge in [0.2, 0.25) is 0 Å². The van der Waals surface area contributed by atoms with E-state index in [0.29, 0.717) is 0 Å². The number of hydrogen-bond donors (Lipinski definition) is 0. The van der Waals surface area contributed by atoms with Gasteiger partial charge >= 0.3 is 0 Å². The molecule has 7 aromatic rings. The van der Waals surface area contributed by atoms with Gasteiger partial charge in [-0.15, -0.1) is 0 Å². The molecule has 0 bridgehead atoms. The van der Waals surface area contributed by atoms with Crippen LogP contribution in [0.2, 0.25) is 0 Å². The minimum absolute atomic E-state index is 0.116. The first-order chi connectivity index (χ1) is 37.3. The summed E-state index contributed by atoms with van der Waals surface area (Å²) in [6, 6.07) is 61.3. The Labute approximate surface area is 459 Å². The molecule has 0 amide bonds. The quantitative estimate of drug-likeness (QED) is 0.0310. The van der Waals surface area contributed by atoms with Crippen LogP contribution in [-0.2, 0) is 0 Å². The van der Waals surface area contributed by atoms with Gasteiger partial charge in [0.25, 0.3) is 0 Å². The molecule has 0 aromatic heterocycles. The molecule has 0 aliphatic carbocycles. The summed E-state index contributed by atoms with van der Waals surface area (Å²) in [5, 5.41) is 0. The molecule has 0 heterocycles. The van der Waals surface area contributed by atoms with Crippen LogP contribution in [0.4, 0.5) is 34.1 Å². The van der Waals surface area contributed by atoms with Crippen LogP contribution < -0.4 is 19.3 Å². The highest BCUT2D eigenvalue weighted by Crippen LogP contribution is 2.39. The van der Waals surface area contributed by atoms with Crippen molar-refractivity contribution in [2.75, 3.05) is 9.80 Å². The number of para-hydroxylation sites is 2. The zero-order valence-corrected chi connectivity index (χ0v) is 47.1. The van der Waals surface area contributed by atoms with Crippen LogP contribution in [0.3, 0.4) is 0 Å². The van der Waals surface area contributed by atoms with Gasteiger partial charge in [-0.25, -0.2) is 0 Å². The fourth-order valence-electron chi connectivity index (χ4n) is 10.1. The zero-order valence-electron chi connectivity index (χ0n) is 47.1. The van der Waals surface area contributed by atoms with E-state index in [9.17, 15) is 0 Å². The molecule has 2 atom stereocenters. The van der Waals surface area contributed by atoms with Crippen LogP contribution in [0, 0.1) is 13.8 Å². The third-order valence-electron chi connectivity index (χ3n) is 14.6. The third-order valence-corrected chi connectivity index (χ3v) is 14.6. The molecule has 0 N–H and O–H groups in total. The Morgan fingerprint density at radius 2 is 0.658 bits per heavy atom. The molecule has 0 saturated heterocycles. The SMILES string of the molecule is CCCCCCC(CCCCC)Oc1cc(C=Cc2ccc(N(c3ccccc3)c3ccc(C)cc3)cc2)c(OC(CCCCC)CCCCCC)c(C=Cc2ccc(N(c3ccccc3)c3ccc(C)cc3)cc2)c1. The molecular formula is C72H88N2O2. The topological polar surface area (TPSA) is 24.9 Å². The Morgan fingerprint density at radius 3 is 1.03 bits per heavy atom. The number of benzene rings is 7. The van der Waals surface area contributed by atoms with Crippen molar-refractivity contribution < 1.29 is 9.47 Å². The van der Waals surface area contributed by atoms with Gasteiger partial charge in [-0.05, 0) is 161 Å². The predicted molar refractivity (Wildman–Crippen MR) is 331 cm³/mol. The summed E-state index contributed by atoms with van der Waals surface area (Å²) >= 11 is 0. The Morgan fingerprint density at radius 1 is 0.342 bits per heavy atom. The molecule has 398 valence electrons. The molecule has 4 nitrogen and oxygen atoms in total. The minimum Gasteiger partial charge on any atom is -0.490 e. The highest BCUT2D eigenvalue weighted by molar-refractivity contribution is 5.83. The monoisotopic (exact) mass is 1010 g/mol. The van der Waals surface area contributed by atoms with Gasteiger partial charge in [-0.3, -0.25) is 0 Å². The van der Waals surface area contributed by atoms with Crippen LogP contribution >= 0.6 is 0 Å². The van der Waals surface area contributed by atoms with Crippen molar-refractivity contribution in [1.82, 2.24) is 0 Å². The van der Waals surface area contributed by atoms with Gasteiger partial charge in [-0.2, -0.15) is 0 Å². The summed E-state index contributed by atoms with van der Waals surface area (Å²) in [5.41, 5.74) is 13.6. The lowest BCUT2D eigenvalue weighted by Crippen LogP contribution is -2.19. The lowest BCUT2D eigenvalue weighted by atomic mass is 10.0. The minimum atomic E-state index is 0.116. The average Bonchev–Trinajstić information content (AvgIpc) is 3.46. The van der Waals surface area contributed by atoms with Gasteiger partial charge < -0.3 is 19.3 Å². The zero-order chi connectivity index (χ0) is 53.2. The number of anilines is 6. The van der Waals surface area contributed by atoms with E-state index in [1.807, 2.05) is 0 Å². The van der Waals surface area contributed by atoms with Gasteiger partial charge in [0.05, 0.1) is 12.2 Å². The Hall–Kier alpha value is -6.78. The number of rotatable bonds is 32. The van der Waals surface area contributed by atoms with E-state index < -0.39 is 0 Å². The van der Waals surface area contributed by atoms with E-state index >= 15 is 0 Å². The largest absolute Gasteiger partial charge is 0.490 e. The van der Waals surface area contributed by atoms with Crippen LogP contribution in [0.25, 0.3) is 24.3 Å². The molecule has 76 heavy (non-hydrogen) atoms. The summed E-state index contributed by atoms with van der Waals surface area (Å²) in [6.07, 6.45) is 30.5. The van der Waals surface area contributed by atoms with Gasteiger partial charge in [0.1, 0.15) is 11.5 Å². The molecular weight excluding hydrogens is 925 g/mol. The van der Waals surface area contributed by atoms with E-state index in [0.717, 1.165) is 100.0 Å². The lowest BCUT2D eigenvalue weighted by molar-refractivity contribution is 0.167. The van der Waals surface area contributed by atoms with Gasteiger partial charge in [-0.1, -0.05) is 212 Å². The first-order valence-corrected chi connectivity index (χ1v) is 29.3. The molecule has 0 aliphatic heterocycles. The number of aryl methyl sites for hydroxylation is 2. The molecule has 2 unspecified atom stereocenters. The molecule has 4 heteroatoms. The van der Waals surface area contributed by atoms with Crippen molar-refractivity contribution >= 4 is 58.4 Å².